The standard InChI is InChI=1S/C10H18N2O3S2/c1-10(13,8-16-3)7-11-17(14,15)9-4-5-12(2)6-9/h4-6,11,13H,7-8H2,1-3H3. The van der Waals surface area contributed by atoms with Gasteiger partial charge in [-0.2, -0.15) is 11.8 Å². The van der Waals surface area contributed by atoms with Crippen molar-refractivity contribution >= 4 is 21.8 Å². The Morgan fingerprint density at radius 3 is 2.71 bits per heavy atom. The summed E-state index contributed by atoms with van der Waals surface area (Å²) in [5.74, 6) is 0.476. The summed E-state index contributed by atoms with van der Waals surface area (Å²) in [5, 5.41) is 9.88. The minimum Gasteiger partial charge on any atom is -0.388 e. The van der Waals surface area contributed by atoms with Gasteiger partial charge in [-0.25, -0.2) is 13.1 Å². The molecule has 0 radical (unpaired) electrons. The van der Waals surface area contributed by atoms with Crippen molar-refractivity contribution in [3.8, 4) is 0 Å². The first-order chi connectivity index (χ1) is 7.77. The molecule has 1 unspecified atom stereocenters. The summed E-state index contributed by atoms with van der Waals surface area (Å²) in [7, 11) is -1.78. The lowest BCUT2D eigenvalue weighted by Crippen LogP contribution is -2.42. The van der Waals surface area contributed by atoms with Crippen molar-refractivity contribution in [3.05, 3.63) is 18.5 Å². The highest BCUT2D eigenvalue weighted by Gasteiger charge is 2.24. The van der Waals surface area contributed by atoms with Crippen LogP contribution in [-0.2, 0) is 17.1 Å². The summed E-state index contributed by atoms with van der Waals surface area (Å²) in [6.45, 7) is 1.61. The molecule has 0 amide bonds. The second-order valence-electron chi connectivity index (χ2n) is 4.27. The highest BCUT2D eigenvalue weighted by molar-refractivity contribution is 7.98. The van der Waals surface area contributed by atoms with E-state index in [0.717, 1.165) is 0 Å². The maximum Gasteiger partial charge on any atom is 0.242 e. The molecule has 1 atom stereocenters. The topological polar surface area (TPSA) is 71.3 Å². The van der Waals surface area contributed by atoms with Gasteiger partial charge in [0.2, 0.25) is 10.0 Å². The number of sulfonamides is 1. The fourth-order valence-electron chi connectivity index (χ4n) is 1.33. The van der Waals surface area contributed by atoms with E-state index in [-0.39, 0.29) is 11.4 Å². The Labute approximate surface area is 106 Å². The Morgan fingerprint density at radius 2 is 2.24 bits per heavy atom. The van der Waals surface area contributed by atoms with Crippen LogP contribution in [0.15, 0.2) is 23.4 Å². The fourth-order valence-corrected chi connectivity index (χ4v) is 3.27. The second kappa shape index (κ2) is 5.43. The maximum atomic E-state index is 11.9. The molecule has 1 aromatic heterocycles. The van der Waals surface area contributed by atoms with Crippen molar-refractivity contribution in [3.63, 3.8) is 0 Å². The molecule has 1 aromatic rings. The largest absolute Gasteiger partial charge is 0.388 e. The van der Waals surface area contributed by atoms with Gasteiger partial charge in [0.25, 0.3) is 0 Å². The number of hydrogen-bond donors (Lipinski definition) is 2. The van der Waals surface area contributed by atoms with E-state index in [4.69, 9.17) is 0 Å². The van der Waals surface area contributed by atoms with E-state index in [1.54, 1.807) is 24.7 Å². The highest BCUT2D eigenvalue weighted by atomic mass is 32.2. The molecule has 1 heterocycles. The first kappa shape index (κ1) is 14.6. The number of nitrogens with zero attached hydrogens (tertiary/aromatic N) is 1. The molecule has 5 nitrogen and oxygen atoms in total. The molecular weight excluding hydrogens is 260 g/mol. The first-order valence-corrected chi connectivity index (χ1v) is 7.97. The van der Waals surface area contributed by atoms with Gasteiger partial charge in [0.1, 0.15) is 0 Å². The van der Waals surface area contributed by atoms with E-state index in [1.165, 1.54) is 24.0 Å². The summed E-state index contributed by atoms with van der Waals surface area (Å²) >= 11 is 1.47. The lowest BCUT2D eigenvalue weighted by atomic mass is 10.1. The van der Waals surface area contributed by atoms with Crippen molar-refractivity contribution in [2.24, 2.45) is 7.05 Å². The van der Waals surface area contributed by atoms with E-state index >= 15 is 0 Å². The molecule has 98 valence electrons. The third-order valence-electron chi connectivity index (χ3n) is 2.21. The van der Waals surface area contributed by atoms with Crippen LogP contribution in [0.25, 0.3) is 0 Å². The lowest BCUT2D eigenvalue weighted by molar-refractivity contribution is 0.0908. The quantitative estimate of drug-likeness (QED) is 0.791. The number of thioether (sulfide) groups is 1. The molecular formula is C10H18N2O3S2. The van der Waals surface area contributed by atoms with Gasteiger partial charge < -0.3 is 9.67 Å². The Bertz CT molecular complexity index is 466. The Morgan fingerprint density at radius 1 is 1.59 bits per heavy atom. The number of aliphatic hydroxyl groups is 1. The Kier molecular flexibility index (Phi) is 4.65. The molecule has 0 spiro atoms. The van der Waals surface area contributed by atoms with Gasteiger partial charge in [0, 0.05) is 31.7 Å². The third-order valence-corrected chi connectivity index (χ3v) is 4.51. The molecule has 0 aromatic carbocycles. The Balaban J connectivity index is 2.69. The van der Waals surface area contributed by atoms with E-state index in [0.29, 0.717) is 5.75 Å². The molecule has 0 saturated heterocycles. The van der Waals surface area contributed by atoms with E-state index in [1.807, 2.05) is 6.26 Å². The van der Waals surface area contributed by atoms with Crippen LogP contribution >= 0.6 is 11.8 Å². The van der Waals surface area contributed by atoms with Crippen LogP contribution in [0.1, 0.15) is 6.92 Å². The zero-order chi connectivity index (χ0) is 13.1. The summed E-state index contributed by atoms with van der Waals surface area (Å²) in [5.41, 5.74) is -1.04. The van der Waals surface area contributed by atoms with Crippen molar-refractivity contribution in [1.82, 2.24) is 9.29 Å². The van der Waals surface area contributed by atoms with Crippen LogP contribution in [0.5, 0.6) is 0 Å². The minimum atomic E-state index is -3.53. The number of rotatable bonds is 6. The SMILES string of the molecule is CSCC(C)(O)CNS(=O)(=O)c1ccn(C)c1. The summed E-state index contributed by atoms with van der Waals surface area (Å²) in [4.78, 5) is 0.208. The summed E-state index contributed by atoms with van der Waals surface area (Å²) < 4.78 is 27.8. The van der Waals surface area contributed by atoms with Crippen molar-refractivity contribution < 1.29 is 13.5 Å². The van der Waals surface area contributed by atoms with Gasteiger partial charge in [0.05, 0.1) is 10.5 Å². The summed E-state index contributed by atoms with van der Waals surface area (Å²) in [6.07, 6.45) is 5.04. The molecule has 2 N–H and O–H groups in total. The molecule has 0 aliphatic rings. The summed E-state index contributed by atoms with van der Waals surface area (Å²) in [6, 6.07) is 1.52. The number of aryl methyl sites for hydroxylation is 1. The normalized spacial score (nSPS) is 15.8. The van der Waals surface area contributed by atoms with Crippen molar-refractivity contribution in [2.45, 2.75) is 17.4 Å². The molecule has 17 heavy (non-hydrogen) atoms. The van der Waals surface area contributed by atoms with Crippen LogP contribution in [0, 0.1) is 0 Å². The van der Waals surface area contributed by atoms with Gasteiger partial charge in [-0.15, -0.1) is 0 Å². The van der Waals surface area contributed by atoms with Gasteiger partial charge in [-0.3, -0.25) is 0 Å². The monoisotopic (exact) mass is 278 g/mol. The molecule has 0 aliphatic carbocycles. The van der Waals surface area contributed by atoms with Crippen molar-refractivity contribution in [1.29, 1.82) is 0 Å². The van der Waals surface area contributed by atoms with Crippen molar-refractivity contribution in [2.75, 3.05) is 18.6 Å². The van der Waals surface area contributed by atoms with Crippen LogP contribution in [-0.4, -0.2) is 42.2 Å². The molecule has 7 heteroatoms. The lowest BCUT2D eigenvalue weighted by Gasteiger charge is -2.22. The van der Waals surface area contributed by atoms with Crippen LogP contribution in [0.3, 0.4) is 0 Å². The van der Waals surface area contributed by atoms with E-state index in [2.05, 4.69) is 4.72 Å². The molecule has 0 fully saturated rings. The molecule has 0 bridgehead atoms. The van der Waals surface area contributed by atoms with Crippen LogP contribution in [0.4, 0.5) is 0 Å². The molecule has 1 rings (SSSR count). The zero-order valence-corrected chi connectivity index (χ0v) is 11.8. The number of hydrogen-bond acceptors (Lipinski definition) is 4. The first-order valence-electron chi connectivity index (χ1n) is 5.10. The smallest absolute Gasteiger partial charge is 0.242 e. The van der Waals surface area contributed by atoms with Gasteiger partial charge in [-0.05, 0) is 19.2 Å². The predicted octanol–water partition coefficient (Wildman–Crippen LogP) is 0.417. The average Bonchev–Trinajstić information content (AvgIpc) is 2.63. The third kappa shape index (κ3) is 4.34. The predicted molar refractivity (Wildman–Crippen MR) is 69.6 cm³/mol. The van der Waals surface area contributed by atoms with Crippen LogP contribution < -0.4 is 4.72 Å². The van der Waals surface area contributed by atoms with E-state index < -0.39 is 15.6 Å². The zero-order valence-electron chi connectivity index (χ0n) is 10.2. The maximum absolute atomic E-state index is 11.9. The highest BCUT2D eigenvalue weighted by Crippen LogP contribution is 2.12. The minimum absolute atomic E-state index is 0.00503. The number of nitrogens with one attached hydrogen (secondary N) is 1. The average molecular weight is 278 g/mol. The van der Waals surface area contributed by atoms with Crippen LogP contribution in [0.2, 0.25) is 0 Å². The molecule has 0 aliphatic heterocycles. The second-order valence-corrected chi connectivity index (χ2v) is 6.90. The van der Waals surface area contributed by atoms with Gasteiger partial charge in [-0.1, -0.05) is 0 Å². The fraction of sp³-hybridized carbons (Fsp3) is 0.600. The molecule has 0 saturated carbocycles. The van der Waals surface area contributed by atoms with Gasteiger partial charge in [0.15, 0.2) is 0 Å². The van der Waals surface area contributed by atoms with Gasteiger partial charge >= 0.3 is 0 Å². The van der Waals surface area contributed by atoms with E-state index in [9.17, 15) is 13.5 Å². The Hall–Kier alpha value is -0.500. The number of aromatic nitrogens is 1.